The molecule has 160 valence electrons. The average molecular weight is 444 g/mol. The van der Waals surface area contributed by atoms with Crippen molar-refractivity contribution in [2.75, 3.05) is 27.9 Å². The van der Waals surface area contributed by atoms with Gasteiger partial charge in [-0.05, 0) is 23.8 Å². The number of H-pyrrole nitrogens is 1. The molecule has 0 fully saturated rings. The van der Waals surface area contributed by atoms with Crippen LogP contribution in [-0.2, 0) is 0 Å². The molecule has 3 aromatic rings. The van der Waals surface area contributed by atoms with Crippen molar-refractivity contribution in [3.8, 4) is 35.3 Å². The number of hydrogen-bond donors (Lipinski definition) is 1. The minimum Gasteiger partial charge on any atom is -0.493 e. The van der Waals surface area contributed by atoms with Crippen molar-refractivity contribution in [1.29, 1.82) is 0 Å². The van der Waals surface area contributed by atoms with Gasteiger partial charge in [0, 0.05) is 6.07 Å². The molecule has 3 rings (SSSR count). The highest BCUT2D eigenvalue weighted by atomic mass is 35.5. The molecule has 0 bridgehead atoms. The van der Waals surface area contributed by atoms with Crippen LogP contribution in [0.25, 0.3) is 10.9 Å². The first-order valence-electron chi connectivity index (χ1n) is 8.82. The highest BCUT2D eigenvalue weighted by molar-refractivity contribution is 6.32. The summed E-state index contributed by atoms with van der Waals surface area (Å²) in [7, 11) is 4.34. The lowest BCUT2D eigenvalue weighted by atomic mass is 10.2. The van der Waals surface area contributed by atoms with Crippen LogP contribution < -0.4 is 30.2 Å². The van der Waals surface area contributed by atoms with Gasteiger partial charge in [0.2, 0.25) is 0 Å². The monoisotopic (exact) mass is 443 g/mol. The van der Waals surface area contributed by atoms with Crippen molar-refractivity contribution in [3.63, 3.8) is 0 Å². The fraction of sp³-hybridized carbons (Fsp3) is 0.190. The van der Waals surface area contributed by atoms with Crippen LogP contribution in [0.1, 0.15) is 5.56 Å². The Labute approximate surface area is 181 Å². The Kier molecular flexibility index (Phi) is 6.52. The zero-order chi connectivity index (χ0) is 22.5. The molecule has 0 radical (unpaired) electrons. The number of nitrogens with one attached hydrogen (secondary N) is 1. The number of hydrogen-bond acceptors (Lipinski definition) is 7. The summed E-state index contributed by atoms with van der Waals surface area (Å²) < 4.78 is 21.8. The van der Waals surface area contributed by atoms with Crippen molar-refractivity contribution in [3.05, 3.63) is 55.7 Å². The van der Waals surface area contributed by atoms with Crippen LogP contribution in [0.3, 0.4) is 0 Å². The van der Waals surface area contributed by atoms with Gasteiger partial charge in [-0.15, -0.1) is 11.1 Å². The van der Waals surface area contributed by atoms with E-state index in [4.69, 9.17) is 37.0 Å². The topological polar surface area (TPSA) is 104 Å². The van der Waals surface area contributed by atoms with Gasteiger partial charge in [-0.2, -0.15) is 5.10 Å². The molecule has 0 aliphatic rings. The van der Waals surface area contributed by atoms with Gasteiger partial charge in [0.1, 0.15) is 6.61 Å². The molecule has 0 saturated carbocycles. The Morgan fingerprint density at radius 1 is 1.10 bits per heavy atom. The number of aromatic amines is 1. The Morgan fingerprint density at radius 2 is 1.77 bits per heavy atom. The number of benzene rings is 2. The summed E-state index contributed by atoms with van der Waals surface area (Å²) >= 11 is 6.24. The fourth-order valence-electron chi connectivity index (χ4n) is 2.83. The first kappa shape index (κ1) is 21.8. The van der Waals surface area contributed by atoms with Gasteiger partial charge in [0.05, 0.1) is 43.5 Å². The minimum absolute atomic E-state index is 0.0135. The smallest absolute Gasteiger partial charge is 0.349 e. The van der Waals surface area contributed by atoms with E-state index in [9.17, 15) is 9.59 Å². The van der Waals surface area contributed by atoms with Crippen molar-refractivity contribution in [2.24, 2.45) is 5.10 Å². The van der Waals surface area contributed by atoms with E-state index in [2.05, 4.69) is 16.0 Å². The van der Waals surface area contributed by atoms with E-state index in [0.717, 1.165) is 0 Å². The predicted molar refractivity (Wildman–Crippen MR) is 117 cm³/mol. The number of methoxy groups -OCH3 is 3. The summed E-state index contributed by atoms with van der Waals surface area (Å²) in [5.41, 5.74) is -0.608. The third kappa shape index (κ3) is 4.34. The first-order chi connectivity index (χ1) is 14.9. The zero-order valence-electron chi connectivity index (χ0n) is 16.9. The van der Waals surface area contributed by atoms with Crippen LogP contribution in [0.4, 0.5) is 0 Å². The summed E-state index contributed by atoms with van der Waals surface area (Å²) in [5.74, 6) is 3.66. The Morgan fingerprint density at radius 3 is 2.42 bits per heavy atom. The lowest BCUT2D eigenvalue weighted by Crippen LogP contribution is -2.32. The second kappa shape index (κ2) is 9.28. The third-order valence-corrected chi connectivity index (χ3v) is 4.54. The van der Waals surface area contributed by atoms with Crippen molar-refractivity contribution >= 4 is 28.7 Å². The largest absolute Gasteiger partial charge is 0.493 e. The molecule has 9 nitrogen and oxygen atoms in total. The van der Waals surface area contributed by atoms with Crippen molar-refractivity contribution in [1.82, 2.24) is 9.66 Å². The fourth-order valence-corrected chi connectivity index (χ4v) is 3.10. The second-order valence-corrected chi connectivity index (χ2v) is 6.48. The molecule has 0 unspecified atom stereocenters. The summed E-state index contributed by atoms with van der Waals surface area (Å²) in [4.78, 5) is 27.9. The molecule has 31 heavy (non-hydrogen) atoms. The van der Waals surface area contributed by atoms with Gasteiger partial charge < -0.3 is 23.9 Å². The summed E-state index contributed by atoms with van der Waals surface area (Å²) in [6.07, 6.45) is 6.50. The maximum Gasteiger partial charge on any atom is 0.349 e. The van der Waals surface area contributed by atoms with Crippen LogP contribution >= 0.6 is 11.6 Å². The quantitative estimate of drug-likeness (QED) is 0.443. The normalized spacial score (nSPS) is 10.8. The lowest BCUT2D eigenvalue weighted by molar-refractivity contribution is 0.331. The van der Waals surface area contributed by atoms with E-state index < -0.39 is 11.2 Å². The lowest BCUT2D eigenvalue weighted by Gasteiger charge is -2.11. The minimum atomic E-state index is -0.729. The number of rotatable bonds is 7. The molecule has 0 saturated heterocycles. The van der Waals surface area contributed by atoms with Crippen LogP contribution in [-0.4, -0.2) is 43.8 Å². The standard InChI is InChI=1S/C21H18ClN3O6/c1-5-6-31-19-14(22)7-12(8-18(19)30-4)11-23-25-20(26)13-9-16(28-2)17(29-3)10-15(13)24-21(25)27/h1,7-11H,6H2,2-4H3,(H,24,27)/b23-11+. The molecular weight excluding hydrogens is 426 g/mol. The van der Waals surface area contributed by atoms with Gasteiger partial charge in [0.25, 0.3) is 5.56 Å². The SMILES string of the molecule is C#CCOc1c(Cl)cc(/C=N/n2c(=O)[nH]c3cc(OC)c(OC)cc3c2=O)cc1OC. The van der Waals surface area contributed by atoms with Crippen LogP contribution in [0.15, 0.2) is 39.0 Å². The number of aromatic nitrogens is 2. The van der Waals surface area contributed by atoms with E-state index in [1.807, 2.05) is 0 Å². The molecule has 1 heterocycles. The predicted octanol–water partition coefficient (Wildman–Crippen LogP) is 2.26. The van der Waals surface area contributed by atoms with E-state index in [0.29, 0.717) is 33.0 Å². The molecule has 0 atom stereocenters. The van der Waals surface area contributed by atoms with Gasteiger partial charge in [-0.25, -0.2) is 4.79 Å². The maximum absolute atomic E-state index is 12.8. The molecule has 1 aromatic heterocycles. The van der Waals surface area contributed by atoms with Crippen LogP contribution in [0.5, 0.6) is 23.0 Å². The zero-order valence-corrected chi connectivity index (χ0v) is 17.6. The molecule has 1 N–H and O–H groups in total. The van der Waals surface area contributed by atoms with Gasteiger partial charge in [-0.1, -0.05) is 17.5 Å². The highest BCUT2D eigenvalue weighted by Crippen LogP contribution is 2.36. The molecular formula is C21H18ClN3O6. The van der Waals surface area contributed by atoms with E-state index in [1.54, 1.807) is 6.07 Å². The van der Waals surface area contributed by atoms with E-state index in [-0.39, 0.29) is 22.8 Å². The highest BCUT2D eigenvalue weighted by Gasteiger charge is 2.14. The number of terminal acetylenes is 1. The Bertz CT molecular complexity index is 1320. The summed E-state index contributed by atoms with van der Waals surface area (Å²) in [6, 6.07) is 6.09. The van der Waals surface area contributed by atoms with Gasteiger partial charge in [-0.3, -0.25) is 4.79 Å². The number of ether oxygens (including phenoxy) is 4. The van der Waals surface area contributed by atoms with E-state index >= 15 is 0 Å². The maximum atomic E-state index is 12.8. The Hall–Kier alpha value is -3.90. The molecule has 2 aromatic carbocycles. The average Bonchev–Trinajstić information content (AvgIpc) is 2.77. The number of halogens is 1. The van der Waals surface area contributed by atoms with E-state index in [1.165, 1.54) is 45.7 Å². The number of nitrogens with zero attached hydrogens (tertiary/aromatic N) is 2. The molecule has 0 aliphatic heterocycles. The second-order valence-electron chi connectivity index (χ2n) is 6.07. The van der Waals surface area contributed by atoms with Gasteiger partial charge >= 0.3 is 5.69 Å². The molecule has 0 amide bonds. The summed E-state index contributed by atoms with van der Waals surface area (Å²) in [5, 5.41) is 4.43. The van der Waals surface area contributed by atoms with Crippen LogP contribution in [0.2, 0.25) is 5.02 Å². The number of fused-ring (bicyclic) bond motifs is 1. The molecule has 0 spiro atoms. The van der Waals surface area contributed by atoms with Crippen molar-refractivity contribution < 1.29 is 18.9 Å². The van der Waals surface area contributed by atoms with Crippen molar-refractivity contribution in [2.45, 2.75) is 0 Å². The molecule has 0 aliphatic carbocycles. The first-order valence-corrected chi connectivity index (χ1v) is 9.20. The van der Waals surface area contributed by atoms with Crippen LogP contribution in [0, 0.1) is 12.3 Å². The summed E-state index contributed by atoms with van der Waals surface area (Å²) in [6.45, 7) is 0.0135. The van der Waals surface area contributed by atoms with Gasteiger partial charge in [0.15, 0.2) is 23.0 Å². The third-order valence-electron chi connectivity index (χ3n) is 4.25. The Balaban J connectivity index is 2.07. The molecule has 10 heteroatoms.